The van der Waals surface area contributed by atoms with Crippen LogP contribution in [-0.4, -0.2) is 22.8 Å². The van der Waals surface area contributed by atoms with Gasteiger partial charge in [0.1, 0.15) is 5.76 Å². The molecule has 3 heterocycles. The summed E-state index contributed by atoms with van der Waals surface area (Å²) in [6.45, 7) is 1.83. The first-order valence-electron chi connectivity index (χ1n) is 7.21. The average Bonchev–Trinajstić information content (AvgIpc) is 3.34. The molecule has 3 aromatic heterocycles. The molecule has 0 unspecified atom stereocenters. The number of nitrogens with one attached hydrogen (secondary N) is 2. The fourth-order valence-corrected chi connectivity index (χ4v) is 3.52. The summed E-state index contributed by atoms with van der Waals surface area (Å²) in [5.74, 6) is -0.975. The van der Waals surface area contributed by atoms with Crippen molar-refractivity contribution in [1.29, 1.82) is 0 Å². The first-order chi connectivity index (χ1) is 12.0. The topological polar surface area (TPSA) is 101 Å². The van der Waals surface area contributed by atoms with Gasteiger partial charge < -0.3 is 9.84 Å². The minimum absolute atomic E-state index is 0.0528. The third kappa shape index (κ3) is 4.20. The Hall–Kier alpha value is -2.78. The van der Waals surface area contributed by atoms with E-state index in [0.29, 0.717) is 16.2 Å². The SMILES string of the molecule is Cc1cc(NC(=O)C(=O)NCc2ccc(C(=O)c3ccsc3)s2)no1. The van der Waals surface area contributed by atoms with Crippen LogP contribution in [0.4, 0.5) is 5.82 Å². The molecule has 2 N–H and O–H groups in total. The lowest BCUT2D eigenvalue weighted by atomic mass is 10.2. The summed E-state index contributed by atoms with van der Waals surface area (Å²) in [5, 5.41) is 12.1. The quantitative estimate of drug-likeness (QED) is 0.527. The fraction of sp³-hybridized carbons (Fsp3) is 0.125. The second-order valence-corrected chi connectivity index (χ2v) is 7.02. The number of nitrogens with zero attached hydrogens (tertiary/aromatic N) is 1. The molecule has 0 spiro atoms. The largest absolute Gasteiger partial charge is 0.360 e. The number of amides is 2. The highest BCUT2D eigenvalue weighted by atomic mass is 32.1. The van der Waals surface area contributed by atoms with Crippen molar-refractivity contribution in [2.24, 2.45) is 0 Å². The molecule has 0 aliphatic rings. The van der Waals surface area contributed by atoms with Crippen LogP contribution in [-0.2, 0) is 16.1 Å². The maximum Gasteiger partial charge on any atom is 0.314 e. The highest BCUT2D eigenvalue weighted by Gasteiger charge is 2.16. The summed E-state index contributed by atoms with van der Waals surface area (Å²) in [6.07, 6.45) is 0. The van der Waals surface area contributed by atoms with E-state index >= 15 is 0 Å². The summed E-state index contributed by atoms with van der Waals surface area (Å²) in [7, 11) is 0. The third-order valence-corrected chi connectivity index (χ3v) is 4.94. The monoisotopic (exact) mass is 375 g/mol. The van der Waals surface area contributed by atoms with Crippen LogP contribution in [0, 0.1) is 6.92 Å². The zero-order chi connectivity index (χ0) is 17.8. The van der Waals surface area contributed by atoms with Gasteiger partial charge in [-0.15, -0.1) is 11.3 Å². The molecule has 0 aliphatic heterocycles. The lowest BCUT2D eigenvalue weighted by Crippen LogP contribution is -2.34. The van der Waals surface area contributed by atoms with Crippen molar-refractivity contribution in [3.05, 3.63) is 56.1 Å². The third-order valence-electron chi connectivity index (χ3n) is 3.17. The van der Waals surface area contributed by atoms with Crippen molar-refractivity contribution in [2.45, 2.75) is 13.5 Å². The van der Waals surface area contributed by atoms with E-state index in [4.69, 9.17) is 4.52 Å². The molecule has 0 aromatic carbocycles. The van der Waals surface area contributed by atoms with Crippen LogP contribution in [0.1, 0.15) is 25.9 Å². The van der Waals surface area contributed by atoms with Crippen molar-refractivity contribution >= 4 is 46.1 Å². The van der Waals surface area contributed by atoms with Crippen molar-refractivity contribution in [1.82, 2.24) is 10.5 Å². The van der Waals surface area contributed by atoms with Gasteiger partial charge in [0, 0.05) is 21.9 Å². The minimum Gasteiger partial charge on any atom is -0.360 e. The molecule has 25 heavy (non-hydrogen) atoms. The Labute approximate surface area is 150 Å². The van der Waals surface area contributed by atoms with Crippen molar-refractivity contribution in [3.63, 3.8) is 0 Å². The van der Waals surface area contributed by atoms with Crippen LogP contribution in [0.25, 0.3) is 0 Å². The van der Waals surface area contributed by atoms with Crippen LogP contribution < -0.4 is 10.6 Å². The number of hydrogen-bond donors (Lipinski definition) is 2. The van der Waals surface area contributed by atoms with E-state index in [2.05, 4.69) is 15.8 Å². The lowest BCUT2D eigenvalue weighted by Gasteiger charge is -2.02. The molecule has 0 aliphatic carbocycles. The first kappa shape index (κ1) is 17.1. The van der Waals surface area contributed by atoms with Crippen molar-refractivity contribution in [3.8, 4) is 0 Å². The summed E-state index contributed by atoms with van der Waals surface area (Å²) >= 11 is 2.74. The zero-order valence-electron chi connectivity index (χ0n) is 13.1. The second kappa shape index (κ2) is 7.41. The smallest absolute Gasteiger partial charge is 0.314 e. The van der Waals surface area contributed by atoms with Gasteiger partial charge in [0.2, 0.25) is 5.78 Å². The van der Waals surface area contributed by atoms with Crippen LogP contribution in [0.3, 0.4) is 0 Å². The molecule has 3 rings (SSSR count). The van der Waals surface area contributed by atoms with Crippen LogP contribution in [0.2, 0.25) is 0 Å². The highest BCUT2D eigenvalue weighted by molar-refractivity contribution is 7.14. The van der Waals surface area contributed by atoms with E-state index in [-0.39, 0.29) is 18.1 Å². The van der Waals surface area contributed by atoms with Gasteiger partial charge in [-0.3, -0.25) is 19.7 Å². The molecule has 128 valence electrons. The van der Waals surface area contributed by atoms with E-state index < -0.39 is 11.8 Å². The van der Waals surface area contributed by atoms with Gasteiger partial charge in [0.25, 0.3) is 0 Å². The summed E-state index contributed by atoms with van der Waals surface area (Å²) in [5.41, 5.74) is 0.643. The molecular formula is C16H13N3O4S2. The predicted molar refractivity (Wildman–Crippen MR) is 93.8 cm³/mol. The Bertz CT molecular complexity index is 912. The number of aryl methyl sites for hydroxylation is 1. The summed E-state index contributed by atoms with van der Waals surface area (Å²) in [4.78, 5) is 37.2. The van der Waals surface area contributed by atoms with E-state index in [1.54, 1.807) is 30.5 Å². The molecule has 0 saturated carbocycles. The minimum atomic E-state index is -0.834. The molecule has 3 aromatic rings. The molecule has 0 atom stereocenters. The number of rotatable bonds is 5. The molecule has 0 radical (unpaired) electrons. The number of carbonyl (C=O) groups excluding carboxylic acids is 3. The zero-order valence-corrected chi connectivity index (χ0v) is 14.7. The van der Waals surface area contributed by atoms with Crippen molar-refractivity contribution < 1.29 is 18.9 Å². The number of carbonyl (C=O) groups is 3. The molecule has 7 nitrogen and oxygen atoms in total. The Balaban J connectivity index is 1.54. The van der Waals surface area contributed by atoms with E-state index in [1.807, 2.05) is 5.38 Å². The van der Waals surface area contributed by atoms with E-state index in [9.17, 15) is 14.4 Å². The fourth-order valence-electron chi connectivity index (χ4n) is 1.98. The molecule has 0 bridgehead atoms. The number of anilines is 1. The Morgan fingerprint density at radius 1 is 1.20 bits per heavy atom. The second-order valence-electron chi connectivity index (χ2n) is 5.07. The number of thiophene rings is 2. The molecular weight excluding hydrogens is 362 g/mol. The number of ketones is 1. The molecule has 9 heteroatoms. The maximum atomic E-state index is 12.2. The van der Waals surface area contributed by atoms with Crippen LogP contribution >= 0.6 is 22.7 Å². The maximum absolute atomic E-state index is 12.2. The molecule has 2 amide bonds. The van der Waals surface area contributed by atoms with E-state index in [0.717, 1.165) is 4.88 Å². The first-order valence-corrected chi connectivity index (χ1v) is 8.97. The van der Waals surface area contributed by atoms with Gasteiger partial charge in [-0.1, -0.05) is 5.16 Å². The average molecular weight is 375 g/mol. The summed E-state index contributed by atoms with van der Waals surface area (Å²) < 4.78 is 4.80. The van der Waals surface area contributed by atoms with Gasteiger partial charge in [-0.25, -0.2) is 0 Å². The summed E-state index contributed by atoms with van der Waals surface area (Å²) in [6, 6.07) is 6.74. The van der Waals surface area contributed by atoms with Gasteiger partial charge in [-0.2, -0.15) is 11.3 Å². The Morgan fingerprint density at radius 3 is 2.72 bits per heavy atom. The normalized spacial score (nSPS) is 10.4. The van der Waals surface area contributed by atoms with Crippen molar-refractivity contribution in [2.75, 3.05) is 5.32 Å². The van der Waals surface area contributed by atoms with Gasteiger partial charge in [0.05, 0.1) is 11.4 Å². The molecule has 0 saturated heterocycles. The van der Waals surface area contributed by atoms with Gasteiger partial charge in [0.15, 0.2) is 5.82 Å². The Morgan fingerprint density at radius 2 is 2.04 bits per heavy atom. The van der Waals surface area contributed by atoms with E-state index in [1.165, 1.54) is 28.7 Å². The highest BCUT2D eigenvalue weighted by Crippen LogP contribution is 2.21. The number of aromatic nitrogens is 1. The standard InChI is InChI=1S/C16H13N3O4S2/c1-9-6-13(19-23-9)18-16(22)15(21)17-7-11-2-3-12(25-11)14(20)10-4-5-24-8-10/h2-6,8H,7H2,1H3,(H,17,21)(H,18,19,22). The van der Waals surface area contributed by atoms with Crippen LogP contribution in [0.15, 0.2) is 39.5 Å². The number of hydrogen-bond acceptors (Lipinski definition) is 7. The van der Waals surface area contributed by atoms with Crippen LogP contribution in [0.5, 0.6) is 0 Å². The molecule has 0 fully saturated rings. The van der Waals surface area contributed by atoms with Gasteiger partial charge >= 0.3 is 11.8 Å². The lowest BCUT2D eigenvalue weighted by molar-refractivity contribution is -0.136. The predicted octanol–water partition coefficient (Wildman–Crippen LogP) is 2.59. The Kier molecular flexibility index (Phi) is 5.05. The van der Waals surface area contributed by atoms with Gasteiger partial charge in [-0.05, 0) is 30.5 Å².